The summed E-state index contributed by atoms with van der Waals surface area (Å²) in [6.45, 7) is 2.73. The molecule has 1 unspecified atom stereocenters. The van der Waals surface area contributed by atoms with Gasteiger partial charge in [-0.15, -0.1) is 0 Å². The molecule has 1 aliphatic rings. The van der Waals surface area contributed by atoms with Gasteiger partial charge in [-0.1, -0.05) is 6.07 Å². The second-order valence-electron chi connectivity index (χ2n) is 4.31. The number of ether oxygens (including phenoxy) is 1. The Balaban J connectivity index is 2.46. The van der Waals surface area contributed by atoms with E-state index in [9.17, 15) is 8.78 Å². The average Bonchev–Trinajstić information content (AvgIpc) is 2.70. The fourth-order valence-corrected chi connectivity index (χ4v) is 2.24. The van der Waals surface area contributed by atoms with Crippen molar-refractivity contribution in [3.05, 3.63) is 29.3 Å². The Morgan fingerprint density at radius 1 is 1.31 bits per heavy atom. The molecule has 1 saturated heterocycles. The number of methoxy groups -OCH3 is 1. The minimum Gasteiger partial charge on any atom is -0.494 e. The second-order valence-corrected chi connectivity index (χ2v) is 4.31. The largest absolute Gasteiger partial charge is 0.494 e. The Bertz CT molecular complexity index is 400. The smallest absolute Gasteiger partial charge is 0.200 e. The molecule has 0 amide bonds. The zero-order chi connectivity index (χ0) is 11.8. The first kappa shape index (κ1) is 11.3. The molecule has 0 spiro atoms. The first-order valence-electron chi connectivity index (χ1n) is 5.36. The molecule has 4 heteroatoms. The summed E-state index contributed by atoms with van der Waals surface area (Å²) < 4.78 is 32.2. The topological polar surface area (TPSA) is 21.3 Å². The molecule has 0 saturated carbocycles. The fourth-order valence-electron chi connectivity index (χ4n) is 2.24. The third kappa shape index (κ3) is 1.67. The normalized spacial score (nSPS) is 24.8. The van der Waals surface area contributed by atoms with Crippen molar-refractivity contribution in [3.63, 3.8) is 0 Å². The molecule has 88 valence electrons. The van der Waals surface area contributed by atoms with Crippen LogP contribution in [0.2, 0.25) is 0 Å². The van der Waals surface area contributed by atoms with Crippen molar-refractivity contribution in [1.29, 1.82) is 0 Å². The molecule has 1 fully saturated rings. The van der Waals surface area contributed by atoms with Crippen LogP contribution in [-0.4, -0.2) is 13.7 Å². The van der Waals surface area contributed by atoms with Crippen molar-refractivity contribution in [2.24, 2.45) is 0 Å². The van der Waals surface area contributed by atoms with Crippen LogP contribution in [0.5, 0.6) is 5.75 Å². The lowest BCUT2D eigenvalue weighted by atomic mass is 9.90. The first-order valence-corrected chi connectivity index (χ1v) is 5.36. The molecule has 1 aliphatic heterocycles. The molecule has 2 rings (SSSR count). The van der Waals surface area contributed by atoms with Gasteiger partial charge in [0.15, 0.2) is 11.6 Å². The highest BCUT2D eigenvalue weighted by molar-refractivity contribution is 5.35. The van der Waals surface area contributed by atoms with Gasteiger partial charge in [0.25, 0.3) is 0 Å². The van der Waals surface area contributed by atoms with Crippen molar-refractivity contribution in [3.8, 4) is 5.75 Å². The second kappa shape index (κ2) is 4.01. The molecule has 2 nitrogen and oxygen atoms in total. The van der Waals surface area contributed by atoms with Crippen molar-refractivity contribution in [1.82, 2.24) is 5.32 Å². The molecule has 1 N–H and O–H groups in total. The van der Waals surface area contributed by atoms with Crippen molar-refractivity contribution >= 4 is 0 Å². The minimum absolute atomic E-state index is 0.0529. The molecule has 1 atom stereocenters. The summed E-state index contributed by atoms with van der Waals surface area (Å²) in [7, 11) is 1.33. The van der Waals surface area contributed by atoms with E-state index in [0.717, 1.165) is 19.4 Å². The van der Waals surface area contributed by atoms with Gasteiger partial charge in [-0.2, -0.15) is 4.39 Å². The lowest BCUT2D eigenvalue weighted by Gasteiger charge is -2.25. The van der Waals surface area contributed by atoms with Crippen molar-refractivity contribution in [2.45, 2.75) is 25.3 Å². The summed E-state index contributed by atoms with van der Waals surface area (Å²) in [5.41, 5.74) is -0.0831. The van der Waals surface area contributed by atoms with Crippen LogP contribution in [0.25, 0.3) is 0 Å². The van der Waals surface area contributed by atoms with Gasteiger partial charge in [-0.05, 0) is 32.4 Å². The Hall–Kier alpha value is -1.16. The van der Waals surface area contributed by atoms with Crippen molar-refractivity contribution < 1.29 is 13.5 Å². The molecule has 16 heavy (non-hydrogen) atoms. The van der Waals surface area contributed by atoms with Crippen LogP contribution >= 0.6 is 0 Å². The van der Waals surface area contributed by atoms with Crippen molar-refractivity contribution in [2.75, 3.05) is 13.7 Å². The van der Waals surface area contributed by atoms with Gasteiger partial charge in [0.1, 0.15) is 0 Å². The minimum atomic E-state index is -0.907. The van der Waals surface area contributed by atoms with E-state index in [0.29, 0.717) is 5.56 Å². The average molecular weight is 227 g/mol. The van der Waals surface area contributed by atoms with Crippen LogP contribution in [0.4, 0.5) is 8.78 Å². The van der Waals surface area contributed by atoms with E-state index in [4.69, 9.17) is 4.74 Å². The van der Waals surface area contributed by atoms with Gasteiger partial charge in [0.2, 0.25) is 5.82 Å². The van der Waals surface area contributed by atoms with Gasteiger partial charge in [0, 0.05) is 11.1 Å². The van der Waals surface area contributed by atoms with Gasteiger partial charge in [0.05, 0.1) is 7.11 Å². The molecular weight excluding hydrogens is 212 g/mol. The fraction of sp³-hybridized carbons (Fsp3) is 0.500. The number of hydrogen-bond acceptors (Lipinski definition) is 2. The first-order chi connectivity index (χ1) is 7.58. The maximum atomic E-state index is 13.9. The molecule has 0 aliphatic carbocycles. The Kier molecular flexibility index (Phi) is 2.84. The number of nitrogens with one attached hydrogen (secondary N) is 1. The van der Waals surface area contributed by atoms with E-state index in [1.807, 2.05) is 6.92 Å². The van der Waals surface area contributed by atoms with Crippen LogP contribution in [0.15, 0.2) is 12.1 Å². The van der Waals surface area contributed by atoms with E-state index in [-0.39, 0.29) is 5.75 Å². The van der Waals surface area contributed by atoms with Gasteiger partial charge >= 0.3 is 0 Å². The van der Waals surface area contributed by atoms with E-state index < -0.39 is 17.2 Å². The number of rotatable bonds is 2. The molecule has 1 heterocycles. The van der Waals surface area contributed by atoms with Crippen LogP contribution in [0.3, 0.4) is 0 Å². The Morgan fingerprint density at radius 2 is 2.06 bits per heavy atom. The summed E-state index contributed by atoms with van der Waals surface area (Å²) in [5, 5.41) is 3.21. The Morgan fingerprint density at radius 3 is 2.62 bits per heavy atom. The number of hydrogen-bond donors (Lipinski definition) is 1. The molecule has 1 aromatic carbocycles. The highest BCUT2D eigenvalue weighted by Gasteiger charge is 2.34. The summed E-state index contributed by atoms with van der Waals surface area (Å²) in [6, 6.07) is 3.06. The van der Waals surface area contributed by atoms with E-state index in [1.54, 1.807) is 6.07 Å². The van der Waals surface area contributed by atoms with E-state index in [1.165, 1.54) is 13.2 Å². The van der Waals surface area contributed by atoms with Gasteiger partial charge in [-0.25, -0.2) is 4.39 Å². The third-order valence-electron chi connectivity index (χ3n) is 3.23. The van der Waals surface area contributed by atoms with Crippen LogP contribution in [0.1, 0.15) is 25.3 Å². The summed E-state index contributed by atoms with van der Waals surface area (Å²) in [6.07, 6.45) is 1.79. The van der Waals surface area contributed by atoms with Gasteiger partial charge in [-0.3, -0.25) is 0 Å². The standard InChI is InChI=1S/C12H15F2NO/c1-12(6-3-7-15-12)8-4-5-9(16-2)11(14)10(8)13/h4-5,15H,3,6-7H2,1-2H3. The van der Waals surface area contributed by atoms with Crippen LogP contribution in [-0.2, 0) is 5.54 Å². The Labute approximate surface area is 93.6 Å². The highest BCUT2D eigenvalue weighted by atomic mass is 19.2. The SMILES string of the molecule is COc1ccc(C2(C)CCCN2)c(F)c1F. The van der Waals surface area contributed by atoms with E-state index >= 15 is 0 Å². The van der Waals surface area contributed by atoms with E-state index in [2.05, 4.69) is 5.32 Å². The third-order valence-corrected chi connectivity index (χ3v) is 3.23. The quantitative estimate of drug-likeness (QED) is 0.838. The lowest BCUT2D eigenvalue weighted by molar-refractivity contribution is 0.355. The number of halogens is 2. The maximum Gasteiger partial charge on any atom is 0.200 e. The van der Waals surface area contributed by atoms with Crippen LogP contribution < -0.4 is 10.1 Å². The van der Waals surface area contributed by atoms with Crippen LogP contribution in [0, 0.1) is 11.6 Å². The zero-order valence-corrected chi connectivity index (χ0v) is 9.44. The van der Waals surface area contributed by atoms with Gasteiger partial charge < -0.3 is 10.1 Å². The predicted molar refractivity (Wildman–Crippen MR) is 57.5 cm³/mol. The molecule has 0 aromatic heterocycles. The molecule has 1 aromatic rings. The monoisotopic (exact) mass is 227 g/mol. The maximum absolute atomic E-state index is 13.9. The molecule has 0 radical (unpaired) electrons. The summed E-state index contributed by atoms with van der Waals surface area (Å²) in [5.74, 6) is -1.77. The zero-order valence-electron chi connectivity index (χ0n) is 9.44. The lowest BCUT2D eigenvalue weighted by Crippen LogP contribution is -2.34. The summed E-state index contributed by atoms with van der Waals surface area (Å²) >= 11 is 0. The molecular formula is C12H15F2NO. The number of benzene rings is 1. The predicted octanol–water partition coefficient (Wildman–Crippen LogP) is 2.57. The summed E-state index contributed by atoms with van der Waals surface area (Å²) in [4.78, 5) is 0. The highest BCUT2D eigenvalue weighted by Crippen LogP contribution is 2.34. The molecule has 0 bridgehead atoms.